The topological polar surface area (TPSA) is 75.6 Å². The predicted molar refractivity (Wildman–Crippen MR) is 59.3 cm³/mol. The molecule has 1 unspecified atom stereocenters. The van der Waals surface area contributed by atoms with Crippen LogP contribution in [0.25, 0.3) is 0 Å². The predicted octanol–water partition coefficient (Wildman–Crippen LogP) is 1.03. The molecule has 0 radical (unpaired) electrons. The molecule has 0 aliphatic carbocycles. The molecule has 0 saturated heterocycles. The first-order valence-corrected chi connectivity index (χ1v) is 5.57. The van der Waals surface area contributed by atoms with Gasteiger partial charge in [-0.05, 0) is 11.4 Å². The second-order valence-electron chi connectivity index (χ2n) is 3.10. The van der Waals surface area contributed by atoms with E-state index in [2.05, 4.69) is 5.32 Å². The smallest absolute Gasteiger partial charge is 0.331 e. The lowest BCUT2D eigenvalue weighted by atomic mass is 10.2. The molecule has 1 amide bonds. The van der Waals surface area contributed by atoms with Gasteiger partial charge in [0.1, 0.15) is 0 Å². The van der Waals surface area contributed by atoms with Crippen molar-refractivity contribution in [2.45, 2.75) is 12.5 Å². The number of aliphatic carboxylic acids is 1. The lowest BCUT2D eigenvalue weighted by Gasteiger charge is -2.12. The van der Waals surface area contributed by atoms with Crippen molar-refractivity contribution < 1.29 is 19.4 Å². The molecule has 5 nitrogen and oxygen atoms in total. The average molecular weight is 243 g/mol. The highest BCUT2D eigenvalue weighted by atomic mass is 32.1. The van der Waals surface area contributed by atoms with Crippen LogP contribution in [0.5, 0.6) is 0 Å². The summed E-state index contributed by atoms with van der Waals surface area (Å²) >= 11 is 1.30. The van der Waals surface area contributed by atoms with Gasteiger partial charge in [-0.3, -0.25) is 4.79 Å². The molecule has 0 aliphatic heterocycles. The Morgan fingerprint density at radius 1 is 1.62 bits per heavy atom. The summed E-state index contributed by atoms with van der Waals surface area (Å²) in [4.78, 5) is 22.9. The second-order valence-corrected chi connectivity index (χ2v) is 4.08. The maximum absolute atomic E-state index is 11.4. The highest BCUT2D eigenvalue weighted by molar-refractivity contribution is 7.10. The van der Waals surface area contributed by atoms with Crippen molar-refractivity contribution in [2.75, 3.05) is 13.7 Å². The summed E-state index contributed by atoms with van der Waals surface area (Å²) in [6.45, 7) is 0.280. The van der Waals surface area contributed by atoms with Gasteiger partial charge in [-0.15, -0.1) is 11.3 Å². The van der Waals surface area contributed by atoms with Gasteiger partial charge in [-0.1, -0.05) is 6.07 Å². The number of hydrogen-bond acceptors (Lipinski definition) is 4. The molecule has 1 heterocycles. The molecule has 0 fully saturated rings. The molecule has 0 spiro atoms. The molecule has 88 valence electrons. The number of carboxylic acid groups (broad SMARTS) is 1. The molecule has 1 aromatic heterocycles. The highest BCUT2D eigenvalue weighted by Gasteiger charge is 2.22. The maximum atomic E-state index is 11.4. The molecule has 0 aliphatic rings. The second kappa shape index (κ2) is 6.24. The third-order valence-corrected chi connectivity index (χ3v) is 2.85. The summed E-state index contributed by atoms with van der Waals surface area (Å²) in [5.74, 6) is -1.39. The number of amides is 1. The lowest BCUT2D eigenvalue weighted by Crippen LogP contribution is -2.33. The quantitative estimate of drug-likeness (QED) is 0.782. The molecule has 2 N–H and O–H groups in total. The molecule has 1 atom stereocenters. The lowest BCUT2D eigenvalue weighted by molar-refractivity contribution is -0.142. The average Bonchev–Trinajstić information content (AvgIpc) is 2.75. The fourth-order valence-electron chi connectivity index (χ4n) is 1.14. The van der Waals surface area contributed by atoms with Gasteiger partial charge in [-0.2, -0.15) is 0 Å². The normalized spacial score (nSPS) is 12.1. The molecule has 0 bridgehead atoms. The number of hydrogen-bond donors (Lipinski definition) is 2. The standard InChI is InChI=1S/C10H13NO4S/c1-15-5-4-8(12)11-9(10(13)14)7-3-2-6-16-7/h2-3,6,9H,4-5H2,1H3,(H,11,12)(H,13,14). The van der Waals surface area contributed by atoms with Gasteiger partial charge in [0, 0.05) is 18.4 Å². The first kappa shape index (κ1) is 12.7. The molecular weight excluding hydrogens is 230 g/mol. The Bertz CT molecular complexity index is 350. The number of thiophene rings is 1. The van der Waals surface area contributed by atoms with Crippen LogP contribution >= 0.6 is 11.3 Å². The Labute approximate surface area is 97.0 Å². The Morgan fingerprint density at radius 2 is 2.38 bits per heavy atom. The molecule has 1 rings (SSSR count). The first-order chi connectivity index (χ1) is 7.65. The van der Waals surface area contributed by atoms with Crippen LogP contribution in [0.15, 0.2) is 17.5 Å². The summed E-state index contributed by atoms with van der Waals surface area (Å²) < 4.78 is 4.74. The summed E-state index contributed by atoms with van der Waals surface area (Å²) in [7, 11) is 1.49. The van der Waals surface area contributed by atoms with Gasteiger partial charge in [0.15, 0.2) is 6.04 Å². The molecule has 1 aromatic rings. The van der Waals surface area contributed by atoms with E-state index < -0.39 is 12.0 Å². The summed E-state index contributed by atoms with van der Waals surface area (Å²) in [5, 5.41) is 13.2. The number of methoxy groups -OCH3 is 1. The van der Waals surface area contributed by atoms with Crippen LogP contribution in [0.2, 0.25) is 0 Å². The van der Waals surface area contributed by atoms with E-state index in [4.69, 9.17) is 9.84 Å². The maximum Gasteiger partial charge on any atom is 0.331 e. The SMILES string of the molecule is COCCC(=O)NC(C(=O)O)c1cccs1. The van der Waals surface area contributed by atoms with E-state index in [0.29, 0.717) is 4.88 Å². The van der Waals surface area contributed by atoms with E-state index in [0.717, 1.165) is 0 Å². The number of rotatable bonds is 6. The molecule has 0 saturated carbocycles. The van der Waals surface area contributed by atoms with Crippen molar-refractivity contribution in [2.24, 2.45) is 0 Å². The van der Waals surface area contributed by atoms with Gasteiger partial charge >= 0.3 is 5.97 Å². The van der Waals surface area contributed by atoms with E-state index in [1.807, 2.05) is 0 Å². The van der Waals surface area contributed by atoms with Gasteiger partial charge < -0.3 is 15.2 Å². The number of ether oxygens (including phenoxy) is 1. The Balaban J connectivity index is 2.59. The van der Waals surface area contributed by atoms with Gasteiger partial charge in [-0.25, -0.2) is 4.79 Å². The number of carbonyl (C=O) groups is 2. The molecule has 16 heavy (non-hydrogen) atoms. The molecular formula is C10H13NO4S. The number of nitrogens with one attached hydrogen (secondary N) is 1. The van der Waals surface area contributed by atoms with E-state index >= 15 is 0 Å². The fourth-order valence-corrected chi connectivity index (χ4v) is 1.91. The third kappa shape index (κ3) is 3.63. The third-order valence-electron chi connectivity index (χ3n) is 1.91. The zero-order chi connectivity index (χ0) is 12.0. The van der Waals surface area contributed by atoms with Crippen molar-refractivity contribution >= 4 is 23.2 Å². The largest absolute Gasteiger partial charge is 0.479 e. The molecule has 0 aromatic carbocycles. The summed E-state index contributed by atoms with van der Waals surface area (Å²) in [6.07, 6.45) is 0.158. The van der Waals surface area contributed by atoms with E-state index in [9.17, 15) is 9.59 Å². The summed E-state index contributed by atoms with van der Waals surface area (Å²) in [5.41, 5.74) is 0. The Kier molecular flexibility index (Phi) is 4.94. The monoisotopic (exact) mass is 243 g/mol. The van der Waals surface area contributed by atoms with Crippen molar-refractivity contribution in [1.82, 2.24) is 5.32 Å². The van der Waals surface area contributed by atoms with Crippen LogP contribution in [0, 0.1) is 0 Å². The minimum Gasteiger partial charge on any atom is -0.479 e. The van der Waals surface area contributed by atoms with Crippen LogP contribution in [-0.2, 0) is 14.3 Å². The minimum atomic E-state index is -1.06. The van der Waals surface area contributed by atoms with Gasteiger partial charge in [0.25, 0.3) is 0 Å². The first-order valence-electron chi connectivity index (χ1n) is 4.69. The zero-order valence-corrected chi connectivity index (χ0v) is 9.62. The van der Waals surface area contributed by atoms with Crippen LogP contribution in [0.4, 0.5) is 0 Å². The van der Waals surface area contributed by atoms with Crippen LogP contribution in [0.1, 0.15) is 17.3 Å². The summed E-state index contributed by atoms with van der Waals surface area (Å²) in [6, 6.07) is 2.46. The number of carbonyl (C=O) groups excluding carboxylic acids is 1. The van der Waals surface area contributed by atoms with Crippen molar-refractivity contribution in [3.8, 4) is 0 Å². The van der Waals surface area contributed by atoms with E-state index in [1.54, 1.807) is 17.5 Å². The highest BCUT2D eigenvalue weighted by Crippen LogP contribution is 2.19. The fraction of sp³-hybridized carbons (Fsp3) is 0.400. The van der Waals surface area contributed by atoms with Crippen LogP contribution in [-0.4, -0.2) is 30.7 Å². The molecule has 6 heteroatoms. The Morgan fingerprint density at radius 3 is 2.88 bits per heavy atom. The van der Waals surface area contributed by atoms with Crippen molar-refractivity contribution in [1.29, 1.82) is 0 Å². The van der Waals surface area contributed by atoms with Gasteiger partial charge in [0.05, 0.1) is 6.61 Å². The van der Waals surface area contributed by atoms with Crippen molar-refractivity contribution in [3.63, 3.8) is 0 Å². The zero-order valence-electron chi connectivity index (χ0n) is 8.80. The minimum absolute atomic E-state index is 0.158. The van der Waals surface area contributed by atoms with Gasteiger partial charge in [0.2, 0.25) is 5.91 Å². The number of carboxylic acids is 1. The van der Waals surface area contributed by atoms with Crippen LogP contribution in [0.3, 0.4) is 0 Å². The Hall–Kier alpha value is -1.40. The van der Waals surface area contributed by atoms with E-state index in [1.165, 1.54) is 18.4 Å². The van der Waals surface area contributed by atoms with Crippen LogP contribution < -0.4 is 5.32 Å². The van der Waals surface area contributed by atoms with E-state index in [-0.39, 0.29) is 18.9 Å². The van der Waals surface area contributed by atoms with Crippen molar-refractivity contribution in [3.05, 3.63) is 22.4 Å².